The van der Waals surface area contributed by atoms with Gasteiger partial charge in [0.15, 0.2) is 0 Å². The molecule has 0 unspecified atom stereocenters. The summed E-state index contributed by atoms with van der Waals surface area (Å²) < 4.78 is 248. The molecule has 0 spiro atoms. The second-order valence-electron chi connectivity index (χ2n) is 16.4. The predicted molar refractivity (Wildman–Crippen MR) is 223 cm³/mol. The molecule has 454 valence electrons. The molecule has 0 saturated heterocycles. The molecule has 83 heavy (non-hydrogen) atoms. The van der Waals surface area contributed by atoms with Crippen LogP contribution >= 0.6 is 0 Å². The number of hydrogen-bond donors (Lipinski definition) is 0. The zero-order valence-corrected chi connectivity index (χ0v) is 43.0. The molecular formula is C51H24F18O12Yb2. The van der Waals surface area contributed by atoms with E-state index < -0.39 is 156 Å². The van der Waals surface area contributed by atoms with Gasteiger partial charge in [0.2, 0.25) is 16.2 Å². The summed E-state index contributed by atoms with van der Waals surface area (Å²) in [4.78, 5) is 64.3. The van der Waals surface area contributed by atoms with Crippen molar-refractivity contribution < 1.29 is 232 Å². The Kier molecular flexibility index (Phi) is 23.6. The number of carbonyl (C=O) groups is 6. The summed E-state index contributed by atoms with van der Waals surface area (Å²) in [7, 11) is 0. The molecule has 6 rings (SSSR count). The molecule has 2 radical (unpaired) electrons. The molecule has 0 aliphatic rings. The normalized spacial score (nSPS) is 12.4. The maximum Gasteiger partial charge on any atom is 3.00 e. The molecule has 0 saturated carbocycles. The molecule has 0 atom stereocenters. The van der Waals surface area contributed by atoms with Crippen LogP contribution in [-0.2, 0) is 16.2 Å². The zero-order chi connectivity index (χ0) is 61.9. The molecule has 0 heterocycles. The standard InChI is InChI=1S/3C17H10F6O4.2Yb/c3*18-16(19,20)15(17(21,22)23,11-5-1-9(2-6-11)13(24)25)12-7-3-10(4-8-12)14(26)27;;/h3*1-8H,(H,24,25)(H,26,27);;/q;;;2*+3/p-6. The van der Waals surface area contributed by atoms with Gasteiger partial charge < -0.3 is 59.4 Å². The van der Waals surface area contributed by atoms with Crippen molar-refractivity contribution in [3.63, 3.8) is 0 Å². The van der Waals surface area contributed by atoms with Gasteiger partial charge in [-0.15, -0.1) is 0 Å². The Bertz CT molecular complexity index is 2700. The van der Waals surface area contributed by atoms with Crippen molar-refractivity contribution >= 4 is 35.8 Å². The summed E-state index contributed by atoms with van der Waals surface area (Å²) in [5.41, 5.74) is -24.9. The number of alkyl halides is 18. The molecule has 12 nitrogen and oxygen atoms in total. The second-order valence-corrected chi connectivity index (χ2v) is 16.4. The van der Waals surface area contributed by atoms with E-state index in [-0.39, 0.29) is 93.8 Å². The minimum atomic E-state index is -5.88. The molecule has 0 N–H and O–H groups in total. The first-order valence-electron chi connectivity index (χ1n) is 21.3. The van der Waals surface area contributed by atoms with Gasteiger partial charge in [-0.2, -0.15) is 79.0 Å². The van der Waals surface area contributed by atoms with Gasteiger partial charge in [-0.3, -0.25) is 0 Å². The molecule has 0 amide bonds. The Labute approximate surface area is 528 Å². The fourth-order valence-corrected chi connectivity index (χ4v) is 8.08. The van der Waals surface area contributed by atoms with Crippen LogP contribution < -0.4 is 30.6 Å². The van der Waals surface area contributed by atoms with Crippen LogP contribution in [0.15, 0.2) is 146 Å². The molecule has 0 bridgehead atoms. The maximum atomic E-state index is 13.8. The van der Waals surface area contributed by atoms with E-state index in [0.29, 0.717) is 146 Å². The van der Waals surface area contributed by atoms with Crippen LogP contribution in [0.5, 0.6) is 0 Å². The average molecular weight is 1520 g/mol. The van der Waals surface area contributed by atoms with Crippen LogP contribution in [0.2, 0.25) is 0 Å². The van der Waals surface area contributed by atoms with Gasteiger partial charge >= 0.3 is 131 Å². The fraction of sp³-hybridized carbons (Fsp3) is 0.176. The van der Waals surface area contributed by atoms with E-state index in [9.17, 15) is 138 Å². The third kappa shape index (κ3) is 14.7. The van der Waals surface area contributed by atoms with E-state index in [1.807, 2.05) is 0 Å². The summed E-state index contributed by atoms with van der Waals surface area (Å²) in [6, 6.07) is 11.4. The van der Waals surface area contributed by atoms with Gasteiger partial charge in [0.25, 0.3) is 0 Å². The van der Waals surface area contributed by atoms with Crippen molar-refractivity contribution in [3.8, 4) is 0 Å². The third-order valence-electron chi connectivity index (χ3n) is 11.9. The number of carbonyl (C=O) groups excluding carboxylic acids is 6. The predicted octanol–water partition coefficient (Wildman–Crippen LogP) is 5.47. The number of halogens is 18. The molecule has 0 aromatic heterocycles. The Morgan fingerprint density at radius 1 is 0.205 bits per heavy atom. The molecule has 0 aliphatic heterocycles. The van der Waals surface area contributed by atoms with E-state index in [1.165, 1.54) is 0 Å². The van der Waals surface area contributed by atoms with Gasteiger partial charge in [0, 0.05) is 0 Å². The summed E-state index contributed by atoms with van der Waals surface area (Å²) in [6.45, 7) is 0. The minimum Gasteiger partial charge on any atom is -0.545 e. The zero-order valence-electron chi connectivity index (χ0n) is 39.6. The average Bonchev–Trinajstić information content (AvgIpc) is 3.33. The second kappa shape index (κ2) is 26.9. The van der Waals surface area contributed by atoms with Crippen molar-refractivity contribution in [2.75, 3.05) is 0 Å². The number of carboxylic acids is 6. The van der Waals surface area contributed by atoms with E-state index in [0.717, 1.165) is 0 Å². The maximum absolute atomic E-state index is 13.8. The van der Waals surface area contributed by atoms with Crippen LogP contribution in [0.3, 0.4) is 0 Å². The largest absolute Gasteiger partial charge is 3.00 e. The summed E-state index contributed by atoms with van der Waals surface area (Å²) >= 11 is 0. The van der Waals surface area contributed by atoms with Crippen molar-refractivity contribution in [3.05, 3.63) is 212 Å². The Hall–Kier alpha value is -6.08. The fourth-order valence-electron chi connectivity index (χ4n) is 8.08. The van der Waals surface area contributed by atoms with Crippen molar-refractivity contribution in [1.82, 2.24) is 0 Å². The van der Waals surface area contributed by atoms with Crippen LogP contribution in [0.1, 0.15) is 95.5 Å². The van der Waals surface area contributed by atoms with Gasteiger partial charge in [-0.05, 0) is 66.8 Å². The van der Waals surface area contributed by atoms with Crippen molar-refractivity contribution in [2.45, 2.75) is 53.3 Å². The summed E-state index contributed by atoms with van der Waals surface area (Å²) in [6.07, 6.45) is -35.3. The number of hydrogen-bond acceptors (Lipinski definition) is 12. The van der Waals surface area contributed by atoms with E-state index >= 15 is 0 Å². The van der Waals surface area contributed by atoms with Crippen LogP contribution in [-0.4, -0.2) is 72.9 Å². The van der Waals surface area contributed by atoms with Gasteiger partial charge in [0.05, 0.1) is 35.8 Å². The third-order valence-corrected chi connectivity index (χ3v) is 11.9. The van der Waals surface area contributed by atoms with Crippen LogP contribution in [0.4, 0.5) is 79.0 Å². The van der Waals surface area contributed by atoms with Gasteiger partial charge in [-0.25, -0.2) is 0 Å². The first kappa shape index (κ1) is 73.0. The van der Waals surface area contributed by atoms with Crippen LogP contribution in [0.25, 0.3) is 0 Å². The Morgan fingerprint density at radius 2 is 0.289 bits per heavy atom. The minimum absolute atomic E-state index is 0. The van der Waals surface area contributed by atoms with E-state index in [4.69, 9.17) is 0 Å². The molecule has 6 aromatic rings. The quantitative estimate of drug-likeness (QED) is 0.139. The molecule has 0 aliphatic carbocycles. The van der Waals surface area contributed by atoms with E-state index in [1.54, 1.807) is 0 Å². The first-order valence-corrected chi connectivity index (χ1v) is 21.3. The smallest absolute Gasteiger partial charge is 0.545 e. The Morgan fingerprint density at radius 3 is 0.349 bits per heavy atom. The van der Waals surface area contributed by atoms with Crippen molar-refractivity contribution in [1.29, 1.82) is 0 Å². The Balaban J connectivity index is 0.000000420. The van der Waals surface area contributed by atoms with Gasteiger partial charge in [-0.1, -0.05) is 146 Å². The van der Waals surface area contributed by atoms with Crippen molar-refractivity contribution in [2.24, 2.45) is 0 Å². The summed E-state index contributed by atoms with van der Waals surface area (Å²) in [5, 5.41) is 64.3. The SMILES string of the molecule is O=C([O-])c1ccc(C(c2ccc(C(=O)[O-])cc2)(C(F)(F)F)C(F)(F)F)cc1.O=C([O-])c1ccc(C(c2ccc(C(=O)[O-])cc2)(C(F)(F)F)C(F)(F)F)cc1.O=C([O-])c1ccc(C(c2ccc(C(=O)[O-])cc2)(C(F)(F)F)C(F)(F)F)cc1.[Yb+3].[Yb+3]. The topological polar surface area (TPSA) is 241 Å². The molecule has 32 heteroatoms. The molecular weight excluding hydrogens is 1490 g/mol. The number of aromatic carboxylic acids is 6. The molecule has 6 aromatic carbocycles. The number of benzene rings is 6. The number of rotatable bonds is 12. The number of carboxylic acid groups (broad SMARTS) is 6. The van der Waals surface area contributed by atoms with Gasteiger partial charge in [0.1, 0.15) is 0 Å². The van der Waals surface area contributed by atoms with Crippen LogP contribution in [0, 0.1) is 93.8 Å². The first-order chi connectivity index (χ1) is 37.0. The monoisotopic (exact) mass is 1520 g/mol. The molecule has 0 fully saturated rings. The van der Waals surface area contributed by atoms with E-state index in [2.05, 4.69) is 0 Å². The summed E-state index contributed by atoms with van der Waals surface area (Å²) in [5.74, 6) is -10.6.